The number of amides is 1. The van der Waals surface area contributed by atoms with Crippen molar-refractivity contribution in [2.75, 3.05) is 18.8 Å². The summed E-state index contributed by atoms with van der Waals surface area (Å²) in [5.41, 5.74) is 3.47. The molecule has 0 atom stereocenters. The summed E-state index contributed by atoms with van der Waals surface area (Å²) < 4.78 is 0. The van der Waals surface area contributed by atoms with Gasteiger partial charge in [-0.15, -0.1) is 11.8 Å². The van der Waals surface area contributed by atoms with Gasteiger partial charge in [0.05, 0.1) is 10.7 Å². The highest BCUT2D eigenvalue weighted by Crippen LogP contribution is 2.17. The number of hydrogen-bond donors (Lipinski definition) is 1. The maximum absolute atomic E-state index is 12.1. The maximum atomic E-state index is 12.1. The smallest absolute Gasteiger partial charge is 0.269 e. The van der Waals surface area contributed by atoms with Crippen molar-refractivity contribution in [1.82, 2.24) is 10.2 Å². The molecule has 2 aromatic rings. The highest BCUT2D eigenvalue weighted by Gasteiger charge is 2.11. The predicted molar refractivity (Wildman–Crippen MR) is 117 cm³/mol. The van der Waals surface area contributed by atoms with Crippen LogP contribution in [-0.2, 0) is 23.6 Å². The van der Waals surface area contributed by atoms with Crippen molar-refractivity contribution in [2.24, 2.45) is 0 Å². The van der Waals surface area contributed by atoms with Crippen molar-refractivity contribution in [1.29, 1.82) is 0 Å². The Bertz CT molecular complexity index is 820. The minimum absolute atomic E-state index is 0.00153. The molecule has 0 aromatic heterocycles. The van der Waals surface area contributed by atoms with Gasteiger partial charge in [-0.2, -0.15) is 0 Å². The second kappa shape index (κ2) is 11.0. The Morgan fingerprint density at radius 3 is 2.48 bits per heavy atom. The van der Waals surface area contributed by atoms with E-state index in [1.807, 2.05) is 6.07 Å². The molecule has 1 amide bonds. The Hall–Kier alpha value is -2.38. The number of piperidine rings is 1. The fraction of sp³-hybridized carbons (Fsp3) is 0.409. The van der Waals surface area contributed by atoms with Crippen LogP contribution in [0.3, 0.4) is 0 Å². The van der Waals surface area contributed by atoms with E-state index >= 15 is 0 Å². The summed E-state index contributed by atoms with van der Waals surface area (Å²) in [6.07, 6.45) is 3.91. The minimum Gasteiger partial charge on any atom is -0.351 e. The van der Waals surface area contributed by atoms with Crippen LogP contribution in [0.25, 0.3) is 0 Å². The Morgan fingerprint density at radius 2 is 1.76 bits per heavy atom. The van der Waals surface area contributed by atoms with E-state index in [2.05, 4.69) is 28.4 Å². The van der Waals surface area contributed by atoms with Gasteiger partial charge in [-0.05, 0) is 42.6 Å². The monoisotopic (exact) mass is 413 g/mol. The van der Waals surface area contributed by atoms with Gasteiger partial charge in [0.1, 0.15) is 0 Å². The van der Waals surface area contributed by atoms with E-state index in [4.69, 9.17) is 0 Å². The molecule has 0 unspecified atom stereocenters. The molecule has 29 heavy (non-hydrogen) atoms. The van der Waals surface area contributed by atoms with Gasteiger partial charge in [-0.3, -0.25) is 19.8 Å². The molecule has 3 rings (SSSR count). The average molecular weight is 414 g/mol. The SMILES string of the molecule is O=C(CSCc1ccc([N+](=O)[O-])cc1)NCc1cccc(CN2CCCCC2)c1. The molecular formula is C22H27N3O3S. The largest absolute Gasteiger partial charge is 0.351 e. The number of non-ortho nitro benzene ring substituents is 1. The van der Waals surface area contributed by atoms with Crippen LogP contribution in [0.4, 0.5) is 5.69 Å². The van der Waals surface area contributed by atoms with Gasteiger partial charge in [0, 0.05) is 31.0 Å². The minimum atomic E-state index is -0.411. The Labute approximate surface area is 175 Å². The molecule has 1 saturated heterocycles. The first-order valence-corrected chi connectivity index (χ1v) is 11.1. The van der Waals surface area contributed by atoms with Crippen LogP contribution >= 0.6 is 11.8 Å². The van der Waals surface area contributed by atoms with Crippen molar-refractivity contribution in [3.63, 3.8) is 0 Å². The summed E-state index contributed by atoms with van der Waals surface area (Å²) >= 11 is 1.50. The molecule has 2 aromatic carbocycles. The number of nitro benzene ring substituents is 1. The van der Waals surface area contributed by atoms with Gasteiger partial charge < -0.3 is 5.32 Å². The molecule has 7 heteroatoms. The molecule has 6 nitrogen and oxygen atoms in total. The van der Waals surface area contributed by atoms with Gasteiger partial charge in [-0.1, -0.05) is 42.8 Å². The molecule has 0 bridgehead atoms. The number of thioether (sulfide) groups is 1. The maximum Gasteiger partial charge on any atom is 0.269 e. The lowest BCUT2D eigenvalue weighted by atomic mass is 10.1. The molecule has 1 heterocycles. The Morgan fingerprint density at radius 1 is 1.03 bits per heavy atom. The zero-order valence-electron chi connectivity index (χ0n) is 16.5. The molecule has 0 spiro atoms. The van der Waals surface area contributed by atoms with E-state index in [1.165, 1.54) is 61.8 Å². The molecule has 0 radical (unpaired) electrons. The summed E-state index contributed by atoms with van der Waals surface area (Å²) in [4.78, 5) is 24.9. The van der Waals surface area contributed by atoms with Crippen LogP contribution in [-0.4, -0.2) is 34.6 Å². The summed E-state index contributed by atoms with van der Waals surface area (Å²) in [6, 6.07) is 14.9. The van der Waals surface area contributed by atoms with E-state index in [1.54, 1.807) is 12.1 Å². The van der Waals surface area contributed by atoms with E-state index in [0.29, 0.717) is 18.1 Å². The number of nitrogens with zero attached hydrogens (tertiary/aromatic N) is 2. The molecule has 1 N–H and O–H groups in total. The van der Waals surface area contributed by atoms with E-state index in [9.17, 15) is 14.9 Å². The van der Waals surface area contributed by atoms with E-state index in [0.717, 1.165) is 17.7 Å². The Kier molecular flexibility index (Phi) is 8.07. The number of hydrogen-bond acceptors (Lipinski definition) is 5. The van der Waals surface area contributed by atoms with Crippen LogP contribution < -0.4 is 5.32 Å². The van der Waals surface area contributed by atoms with E-state index in [-0.39, 0.29) is 11.6 Å². The fourth-order valence-corrected chi connectivity index (χ4v) is 4.26. The first-order valence-electron chi connectivity index (χ1n) is 9.98. The van der Waals surface area contributed by atoms with Crippen molar-refractivity contribution in [3.8, 4) is 0 Å². The molecule has 1 fully saturated rings. The van der Waals surface area contributed by atoms with Crippen molar-refractivity contribution in [2.45, 2.75) is 38.1 Å². The summed E-state index contributed by atoms with van der Waals surface area (Å²) in [5.74, 6) is 1.01. The van der Waals surface area contributed by atoms with Crippen molar-refractivity contribution < 1.29 is 9.72 Å². The van der Waals surface area contributed by atoms with Crippen molar-refractivity contribution >= 4 is 23.4 Å². The van der Waals surface area contributed by atoms with Crippen LogP contribution in [0, 0.1) is 10.1 Å². The molecule has 0 saturated carbocycles. The lowest BCUT2D eigenvalue weighted by molar-refractivity contribution is -0.384. The zero-order chi connectivity index (χ0) is 20.5. The molecule has 0 aliphatic carbocycles. The number of carbonyl (C=O) groups excluding carboxylic acids is 1. The number of likely N-dealkylation sites (tertiary alicyclic amines) is 1. The van der Waals surface area contributed by atoms with Crippen LogP contribution in [0.5, 0.6) is 0 Å². The quantitative estimate of drug-likeness (QED) is 0.494. The molecule has 154 valence electrons. The second-order valence-electron chi connectivity index (χ2n) is 7.35. The number of carbonyl (C=O) groups is 1. The number of nitrogens with one attached hydrogen (secondary N) is 1. The third kappa shape index (κ3) is 7.18. The third-order valence-corrected chi connectivity index (χ3v) is 5.99. The average Bonchev–Trinajstić information content (AvgIpc) is 2.74. The highest BCUT2D eigenvalue weighted by molar-refractivity contribution is 7.99. The fourth-order valence-electron chi connectivity index (χ4n) is 3.44. The first-order chi connectivity index (χ1) is 14.1. The topological polar surface area (TPSA) is 75.5 Å². The van der Waals surface area contributed by atoms with Crippen LogP contribution in [0.2, 0.25) is 0 Å². The lowest BCUT2D eigenvalue weighted by Crippen LogP contribution is -2.29. The van der Waals surface area contributed by atoms with E-state index < -0.39 is 4.92 Å². The Balaban J connectivity index is 1.38. The predicted octanol–water partition coefficient (Wildman–Crippen LogP) is 4.13. The lowest BCUT2D eigenvalue weighted by Gasteiger charge is -2.26. The third-order valence-electron chi connectivity index (χ3n) is 4.98. The van der Waals surface area contributed by atoms with Gasteiger partial charge in [0.15, 0.2) is 0 Å². The van der Waals surface area contributed by atoms with Crippen LogP contribution in [0.1, 0.15) is 36.0 Å². The second-order valence-corrected chi connectivity index (χ2v) is 8.34. The van der Waals surface area contributed by atoms with Crippen LogP contribution in [0.15, 0.2) is 48.5 Å². The zero-order valence-corrected chi connectivity index (χ0v) is 17.3. The summed E-state index contributed by atoms with van der Waals surface area (Å²) in [6.45, 7) is 3.86. The standard InChI is InChI=1S/C22H27N3O3S/c26-22(17-29-16-18-7-9-21(10-8-18)25(27)28)23-14-19-5-4-6-20(13-19)15-24-11-2-1-3-12-24/h4-10,13H,1-3,11-12,14-17H2,(H,23,26). The van der Waals surface area contributed by atoms with Gasteiger partial charge in [-0.25, -0.2) is 0 Å². The first kappa shape index (κ1) is 21.3. The number of nitro groups is 1. The molecule has 1 aliphatic rings. The molecular weight excluding hydrogens is 386 g/mol. The van der Waals surface area contributed by atoms with Crippen molar-refractivity contribution in [3.05, 3.63) is 75.3 Å². The summed E-state index contributed by atoms with van der Waals surface area (Å²) in [5, 5.41) is 13.6. The van der Waals surface area contributed by atoms with Gasteiger partial charge in [0.2, 0.25) is 5.91 Å². The normalized spacial score (nSPS) is 14.5. The number of rotatable bonds is 9. The molecule has 1 aliphatic heterocycles. The highest BCUT2D eigenvalue weighted by atomic mass is 32.2. The summed E-state index contributed by atoms with van der Waals surface area (Å²) in [7, 11) is 0. The van der Waals surface area contributed by atoms with Gasteiger partial charge in [0.25, 0.3) is 5.69 Å². The number of benzene rings is 2. The van der Waals surface area contributed by atoms with Gasteiger partial charge >= 0.3 is 0 Å².